The highest BCUT2D eigenvalue weighted by Gasteiger charge is 2.19. The lowest BCUT2D eigenvalue weighted by molar-refractivity contribution is 0.194. The first-order valence-electron chi connectivity index (χ1n) is 7.28. The Balaban J connectivity index is 2.00. The van der Waals surface area contributed by atoms with Crippen LogP contribution in [0, 0.1) is 12.7 Å². The van der Waals surface area contributed by atoms with E-state index >= 15 is 0 Å². The lowest BCUT2D eigenvalue weighted by Gasteiger charge is -2.29. The van der Waals surface area contributed by atoms with E-state index < -0.39 is 0 Å². The van der Waals surface area contributed by atoms with Crippen molar-refractivity contribution in [3.05, 3.63) is 35.1 Å². The second-order valence-electron chi connectivity index (χ2n) is 5.90. The van der Waals surface area contributed by atoms with Crippen LogP contribution in [-0.4, -0.2) is 30.1 Å². The minimum atomic E-state index is -0.114. The minimum absolute atomic E-state index is 0.114. The molecule has 106 valence electrons. The van der Waals surface area contributed by atoms with Gasteiger partial charge < -0.3 is 5.32 Å². The van der Waals surface area contributed by atoms with Gasteiger partial charge in [-0.3, -0.25) is 4.90 Å². The molecule has 2 nitrogen and oxygen atoms in total. The third-order valence-electron chi connectivity index (χ3n) is 3.96. The molecule has 0 spiro atoms. The number of nitrogens with one attached hydrogen (secondary N) is 1. The van der Waals surface area contributed by atoms with Gasteiger partial charge in [0.25, 0.3) is 0 Å². The molecule has 1 aromatic rings. The Morgan fingerprint density at radius 1 is 1.42 bits per heavy atom. The largest absolute Gasteiger partial charge is 0.313 e. The lowest BCUT2D eigenvalue weighted by atomic mass is 10.1. The molecule has 0 aliphatic carbocycles. The van der Waals surface area contributed by atoms with Gasteiger partial charge in [-0.25, -0.2) is 4.39 Å². The smallest absolute Gasteiger partial charge is 0.126 e. The van der Waals surface area contributed by atoms with Crippen LogP contribution in [0.3, 0.4) is 0 Å². The third-order valence-corrected chi connectivity index (χ3v) is 3.96. The molecule has 1 atom stereocenters. The molecule has 1 unspecified atom stereocenters. The van der Waals surface area contributed by atoms with Crippen LogP contribution >= 0.6 is 0 Å². The number of benzene rings is 1. The van der Waals surface area contributed by atoms with Crippen molar-refractivity contribution in [2.75, 3.05) is 13.1 Å². The van der Waals surface area contributed by atoms with Crippen LogP contribution in [0.25, 0.3) is 0 Å². The van der Waals surface area contributed by atoms with Crippen molar-refractivity contribution in [2.45, 2.75) is 52.2 Å². The van der Waals surface area contributed by atoms with E-state index in [0.29, 0.717) is 12.1 Å². The quantitative estimate of drug-likeness (QED) is 0.879. The topological polar surface area (TPSA) is 15.3 Å². The van der Waals surface area contributed by atoms with Gasteiger partial charge in [-0.2, -0.15) is 0 Å². The average Bonchev–Trinajstić information content (AvgIpc) is 2.86. The molecule has 1 aliphatic rings. The van der Waals surface area contributed by atoms with Crippen molar-refractivity contribution in [3.8, 4) is 0 Å². The second kappa shape index (κ2) is 6.49. The number of hydrogen-bond donors (Lipinski definition) is 1. The zero-order chi connectivity index (χ0) is 13.8. The maximum Gasteiger partial charge on any atom is 0.126 e. The third kappa shape index (κ3) is 4.02. The fourth-order valence-corrected chi connectivity index (χ4v) is 2.69. The van der Waals surface area contributed by atoms with E-state index in [4.69, 9.17) is 0 Å². The highest BCUT2D eigenvalue weighted by Crippen LogP contribution is 2.15. The molecule has 1 saturated heterocycles. The summed E-state index contributed by atoms with van der Waals surface area (Å²) in [4.78, 5) is 2.47. The molecule has 3 heteroatoms. The Kier molecular flexibility index (Phi) is 4.94. The van der Waals surface area contributed by atoms with E-state index in [1.54, 1.807) is 6.07 Å². The Morgan fingerprint density at radius 3 is 2.79 bits per heavy atom. The standard InChI is InChI=1S/C16H25FN2/c1-12(2)19(11-15-5-4-8-18-15)10-14-6-7-16(17)13(3)9-14/h6-7,9,12,15,18H,4-5,8,10-11H2,1-3H3. The Bertz CT molecular complexity index is 411. The molecular formula is C16H25FN2. The molecule has 0 bridgehead atoms. The monoisotopic (exact) mass is 264 g/mol. The zero-order valence-corrected chi connectivity index (χ0v) is 12.2. The number of nitrogens with zero attached hydrogens (tertiary/aromatic N) is 1. The molecule has 1 N–H and O–H groups in total. The summed E-state index contributed by atoms with van der Waals surface area (Å²) in [6.07, 6.45) is 2.55. The van der Waals surface area contributed by atoms with Crippen molar-refractivity contribution >= 4 is 0 Å². The molecule has 0 aromatic heterocycles. The summed E-state index contributed by atoms with van der Waals surface area (Å²) >= 11 is 0. The Hall–Kier alpha value is -0.930. The number of aryl methyl sites for hydroxylation is 1. The SMILES string of the molecule is Cc1cc(CN(CC2CCCN2)C(C)C)ccc1F. The van der Waals surface area contributed by atoms with Crippen molar-refractivity contribution < 1.29 is 4.39 Å². The summed E-state index contributed by atoms with van der Waals surface area (Å²) in [5.41, 5.74) is 1.94. The lowest BCUT2D eigenvalue weighted by Crippen LogP contribution is -2.40. The van der Waals surface area contributed by atoms with Crippen LogP contribution in [0.1, 0.15) is 37.8 Å². The van der Waals surface area contributed by atoms with Gasteiger partial charge in [0, 0.05) is 25.2 Å². The van der Waals surface area contributed by atoms with Crippen LogP contribution in [0.2, 0.25) is 0 Å². The Labute approximate surface area is 116 Å². The van der Waals surface area contributed by atoms with Crippen LogP contribution in [0.5, 0.6) is 0 Å². The van der Waals surface area contributed by atoms with E-state index in [1.165, 1.54) is 18.4 Å². The molecule has 1 aliphatic heterocycles. The molecule has 19 heavy (non-hydrogen) atoms. The molecule has 1 fully saturated rings. The molecule has 1 heterocycles. The van der Waals surface area contributed by atoms with Gasteiger partial charge in [0.05, 0.1) is 0 Å². The van der Waals surface area contributed by atoms with Crippen LogP contribution < -0.4 is 5.32 Å². The minimum Gasteiger partial charge on any atom is -0.313 e. The zero-order valence-electron chi connectivity index (χ0n) is 12.2. The molecule has 0 radical (unpaired) electrons. The predicted octanol–water partition coefficient (Wildman–Crippen LogP) is 3.10. The van der Waals surface area contributed by atoms with Gasteiger partial charge in [-0.05, 0) is 57.4 Å². The van der Waals surface area contributed by atoms with Crippen LogP contribution in [-0.2, 0) is 6.54 Å². The van der Waals surface area contributed by atoms with Crippen molar-refractivity contribution in [1.82, 2.24) is 10.2 Å². The first-order chi connectivity index (χ1) is 9.06. The summed E-state index contributed by atoms with van der Waals surface area (Å²) in [5.74, 6) is -0.114. The van der Waals surface area contributed by atoms with Crippen LogP contribution in [0.4, 0.5) is 4.39 Å². The van der Waals surface area contributed by atoms with Crippen molar-refractivity contribution in [2.24, 2.45) is 0 Å². The molecule has 1 aromatic carbocycles. The predicted molar refractivity (Wildman–Crippen MR) is 77.7 cm³/mol. The van der Waals surface area contributed by atoms with Gasteiger partial charge in [-0.15, -0.1) is 0 Å². The molecule has 0 saturated carbocycles. The van der Waals surface area contributed by atoms with Gasteiger partial charge >= 0.3 is 0 Å². The highest BCUT2D eigenvalue weighted by atomic mass is 19.1. The molecular weight excluding hydrogens is 239 g/mol. The first-order valence-corrected chi connectivity index (χ1v) is 7.28. The summed E-state index contributed by atoms with van der Waals surface area (Å²) in [6, 6.07) is 6.57. The summed E-state index contributed by atoms with van der Waals surface area (Å²) in [6.45, 7) is 9.41. The number of rotatable bonds is 5. The summed E-state index contributed by atoms with van der Waals surface area (Å²) in [7, 11) is 0. The highest BCUT2D eigenvalue weighted by molar-refractivity contribution is 5.23. The maximum atomic E-state index is 13.3. The number of hydrogen-bond acceptors (Lipinski definition) is 2. The normalized spacial score (nSPS) is 19.6. The van der Waals surface area contributed by atoms with E-state index in [9.17, 15) is 4.39 Å². The maximum absolute atomic E-state index is 13.3. The van der Waals surface area contributed by atoms with Crippen LogP contribution in [0.15, 0.2) is 18.2 Å². The van der Waals surface area contributed by atoms with E-state index in [-0.39, 0.29) is 5.82 Å². The van der Waals surface area contributed by atoms with Crippen molar-refractivity contribution in [1.29, 1.82) is 0 Å². The first kappa shape index (κ1) is 14.5. The molecule has 0 amide bonds. The summed E-state index contributed by atoms with van der Waals surface area (Å²) < 4.78 is 13.3. The fourth-order valence-electron chi connectivity index (χ4n) is 2.69. The molecule has 2 rings (SSSR count). The fraction of sp³-hybridized carbons (Fsp3) is 0.625. The Morgan fingerprint density at radius 2 is 2.21 bits per heavy atom. The van der Waals surface area contributed by atoms with E-state index in [0.717, 1.165) is 25.2 Å². The van der Waals surface area contributed by atoms with Gasteiger partial charge in [0.15, 0.2) is 0 Å². The van der Waals surface area contributed by atoms with Crippen molar-refractivity contribution in [3.63, 3.8) is 0 Å². The van der Waals surface area contributed by atoms with Gasteiger partial charge in [0.1, 0.15) is 5.82 Å². The van der Waals surface area contributed by atoms with E-state index in [1.807, 2.05) is 19.1 Å². The summed E-state index contributed by atoms with van der Waals surface area (Å²) in [5, 5.41) is 3.55. The average molecular weight is 264 g/mol. The number of halogens is 1. The van der Waals surface area contributed by atoms with E-state index in [2.05, 4.69) is 24.1 Å². The van der Waals surface area contributed by atoms with Gasteiger partial charge in [0.2, 0.25) is 0 Å². The second-order valence-corrected chi connectivity index (χ2v) is 5.90. The van der Waals surface area contributed by atoms with Gasteiger partial charge in [-0.1, -0.05) is 12.1 Å².